The highest BCUT2D eigenvalue weighted by atomic mass is 35.5. The summed E-state index contributed by atoms with van der Waals surface area (Å²) >= 11 is 12.1. The summed E-state index contributed by atoms with van der Waals surface area (Å²) in [6, 6.07) is 3.79. The lowest BCUT2D eigenvalue weighted by Gasteiger charge is -2.39. The van der Waals surface area contributed by atoms with Crippen molar-refractivity contribution in [2.24, 2.45) is 0 Å². The lowest BCUT2D eigenvalue weighted by molar-refractivity contribution is 0.0609. The van der Waals surface area contributed by atoms with E-state index in [0.29, 0.717) is 31.0 Å². The first-order valence-corrected chi connectivity index (χ1v) is 10.2. The summed E-state index contributed by atoms with van der Waals surface area (Å²) in [6.07, 6.45) is 2.73. The smallest absolute Gasteiger partial charge is 0.276 e. The van der Waals surface area contributed by atoms with Crippen LogP contribution in [0.15, 0.2) is 29.3 Å². The summed E-state index contributed by atoms with van der Waals surface area (Å²) in [4.78, 5) is 14.1. The van der Waals surface area contributed by atoms with E-state index < -0.39 is 10.0 Å². The predicted octanol–water partition coefficient (Wildman–Crippen LogP) is 1.79. The van der Waals surface area contributed by atoms with Crippen LogP contribution in [0.4, 0.5) is 0 Å². The second-order valence-electron chi connectivity index (χ2n) is 6.36. The molecule has 1 amide bonds. The number of amides is 1. The molecule has 4 rings (SSSR count). The van der Waals surface area contributed by atoms with Crippen LogP contribution < -0.4 is 0 Å². The lowest BCUT2D eigenvalue weighted by Crippen LogP contribution is -2.57. The highest BCUT2D eigenvalue weighted by Gasteiger charge is 2.48. The van der Waals surface area contributed by atoms with E-state index in [9.17, 15) is 13.2 Å². The van der Waals surface area contributed by atoms with Gasteiger partial charge in [-0.25, -0.2) is 8.42 Å². The molecular formula is C15H15Cl2N5O3S. The number of carbonyl (C=O) groups is 1. The molecule has 2 fully saturated rings. The molecule has 1 aromatic heterocycles. The Labute approximate surface area is 160 Å². The molecular weight excluding hydrogens is 401 g/mol. The molecule has 2 unspecified atom stereocenters. The van der Waals surface area contributed by atoms with Gasteiger partial charge in [-0.15, -0.1) is 0 Å². The Hall–Kier alpha value is -1.68. The zero-order valence-electron chi connectivity index (χ0n) is 13.5. The molecule has 2 saturated heterocycles. The van der Waals surface area contributed by atoms with Gasteiger partial charge in [-0.2, -0.15) is 19.7 Å². The van der Waals surface area contributed by atoms with Crippen LogP contribution >= 0.6 is 23.2 Å². The number of nitrogens with one attached hydrogen (secondary N) is 1. The fourth-order valence-corrected chi connectivity index (χ4v) is 6.27. The van der Waals surface area contributed by atoms with Crippen molar-refractivity contribution in [3.8, 4) is 0 Å². The number of carbonyl (C=O) groups excluding carboxylic acids is 1. The number of benzene rings is 1. The Balaban J connectivity index is 1.62. The summed E-state index contributed by atoms with van der Waals surface area (Å²) in [5.74, 6) is -0.256. The minimum absolute atomic E-state index is 0.000144. The third kappa shape index (κ3) is 2.88. The Morgan fingerprint density at radius 1 is 1.19 bits per heavy atom. The van der Waals surface area contributed by atoms with Crippen LogP contribution in [0.5, 0.6) is 0 Å². The van der Waals surface area contributed by atoms with E-state index in [1.165, 1.54) is 22.6 Å². The molecule has 3 heterocycles. The molecule has 0 aliphatic carbocycles. The van der Waals surface area contributed by atoms with Gasteiger partial charge in [-0.05, 0) is 31.0 Å². The molecule has 26 heavy (non-hydrogen) atoms. The van der Waals surface area contributed by atoms with Crippen LogP contribution in [-0.4, -0.2) is 64.1 Å². The van der Waals surface area contributed by atoms with E-state index in [1.54, 1.807) is 11.0 Å². The molecule has 2 bridgehead atoms. The number of nitrogens with zero attached hydrogens (tertiary/aromatic N) is 4. The van der Waals surface area contributed by atoms with Crippen LogP contribution in [0.3, 0.4) is 0 Å². The number of likely N-dealkylation sites (tertiary alicyclic amines) is 1. The van der Waals surface area contributed by atoms with Gasteiger partial charge in [0.15, 0.2) is 5.69 Å². The van der Waals surface area contributed by atoms with E-state index in [1.807, 2.05) is 0 Å². The lowest BCUT2D eigenvalue weighted by atomic mass is 10.2. The molecule has 11 heteroatoms. The van der Waals surface area contributed by atoms with E-state index in [-0.39, 0.29) is 33.6 Å². The number of hydrogen-bond donors (Lipinski definition) is 1. The largest absolute Gasteiger partial charge is 0.334 e. The Morgan fingerprint density at radius 3 is 2.50 bits per heavy atom. The normalized spacial score (nSPS) is 23.4. The summed E-state index contributed by atoms with van der Waals surface area (Å²) in [5, 5.41) is 10.3. The van der Waals surface area contributed by atoms with Crippen molar-refractivity contribution >= 4 is 39.1 Å². The second kappa shape index (κ2) is 6.49. The van der Waals surface area contributed by atoms with Crippen molar-refractivity contribution in [2.45, 2.75) is 29.8 Å². The van der Waals surface area contributed by atoms with Crippen LogP contribution in [0, 0.1) is 0 Å². The minimum Gasteiger partial charge on any atom is -0.334 e. The summed E-state index contributed by atoms with van der Waals surface area (Å²) in [7, 11) is -3.81. The SMILES string of the molecule is O=C(c1cn[nH]n1)N1CC2CCC(C1)N2S(=O)(=O)c1cc(Cl)ccc1Cl. The topological polar surface area (TPSA) is 99.3 Å². The number of aromatic amines is 1. The van der Waals surface area contributed by atoms with Crippen LogP contribution in [0.1, 0.15) is 23.3 Å². The van der Waals surface area contributed by atoms with Gasteiger partial charge in [0.1, 0.15) is 4.90 Å². The van der Waals surface area contributed by atoms with Crippen molar-refractivity contribution in [2.75, 3.05) is 13.1 Å². The maximum atomic E-state index is 13.2. The van der Waals surface area contributed by atoms with Crippen molar-refractivity contribution < 1.29 is 13.2 Å². The fourth-order valence-electron chi connectivity index (χ4n) is 3.68. The molecule has 8 nitrogen and oxygen atoms in total. The first kappa shape index (κ1) is 17.7. The monoisotopic (exact) mass is 415 g/mol. The van der Waals surface area contributed by atoms with Gasteiger partial charge in [0.05, 0.1) is 11.2 Å². The molecule has 2 atom stereocenters. The summed E-state index contributed by atoms with van der Waals surface area (Å²) in [5.41, 5.74) is 0.221. The zero-order chi connectivity index (χ0) is 18.5. The number of hydrogen-bond acceptors (Lipinski definition) is 5. The maximum Gasteiger partial charge on any atom is 0.276 e. The Kier molecular flexibility index (Phi) is 4.42. The minimum atomic E-state index is -3.81. The van der Waals surface area contributed by atoms with E-state index in [2.05, 4.69) is 15.4 Å². The number of halogens is 2. The second-order valence-corrected chi connectivity index (χ2v) is 9.02. The summed E-state index contributed by atoms with van der Waals surface area (Å²) < 4.78 is 27.8. The van der Waals surface area contributed by atoms with Gasteiger partial charge in [0, 0.05) is 30.2 Å². The highest BCUT2D eigenvalue weighted by Crippen LogP contribution is 2.38. The molecule has 0 saturated carbocycles. The van der Waals surface area contributed by atoms with Crippen molar-refractivity contribution in [3.63, 3.8) is 0 Å². The van der Waals surface area contributed by atoms with Crippen molar-refractivity contribution in [1.82, 2.24) is 24.6 Å². The number of rotatable bonds is 3. The molecule has 2 aliphatic rings. The van der Waals surface area contributed by atoms with Gasteiger partial charge in [0.25, 0.3) is 5.91 Å². The number of fused-ring (bicyclic) bond motifs is 2. The van der Waals surface area contributed by atoms with E-state index in [4.69, 9.17) is 23.2 Å². The van der Waals surface area contributed by atoms with Gasteiger partial charge < -0.3 is 4.90 Å². The van der Waals surface area contributed by atoms with Crippen molar-refractivity contribution in [3.05, 3.63) is 40.1 Å². The molecule has 138 valence electrons. The number of piperazine rings is 1. The molecule has 2 aromatic rings. The third-order valence-electron chi connectivity index (χ3n) is 4.79. The van der Waals surface area contributed by atoms with Gasteiger partial charge >= 0.3 is 0 Å². The molecule has 2 aliphatic heterocycles. The number of H-pyrrole nitrogens is 1. The Bertz CT molecular complexity index is 936. The first-order valence-electron chi connectivity index (χ1n) is 8.01. The quantitative estimate of drug-likeness (QED) is 0.823. The number of sulfonamides is 1. The molecule has 0 spiro atoms. The third-order valence-corrected chi connectivity index (χ3v) is 7.51. The standard InChI is InChI=1S/C15H15Cl2N5O3S/c16-9-1-4-12(17)14(5-9)26(24,25)22-10-2-3-11(22)8-21(7-10)15(23)13-6-18-20-19-13/h1,4-6,10-11H,2-3,7-8H2,(H,18,19,20). The predicted molar refractivity (Wildman–Crippen MR) is 94.6 cm³/mol. The van der Waals surface area contributed by atoms with E-state index >= 15 is 0 Å². The fraction of sp³-hybridized carbons (Fsp3) is 0.400. The zero-order valence-corrected chi connectivity index (χ0v) is 15.8. The van der Waals surface area contributed by atoms with Crippen LogP contribution in [-0.2, 0) is 10.0 Å². The van der Waals surface area contributed by atoms with Crippen LogP contribution in [0.2, 0.25) is 10.0 Å². The van der Waals surface area contributed by atoms with Gasteiger partial charge in [0.2, 0.25) is 10.0 Å². The van der Waals surface area contributed by atoms with Crippen molar-refractivity contribution in [1.29, 1.82) is 0 Å². The average Bonchev–Trinajstić information content (AvgIpc) is 3.23. The number of aromatic nitrogens is 3. The van der Waals surface area contributed by atoms with Gasteiger partial charge in [-0.3, -0.25) is 4.79 Å². The Morgan fingerprint density at radius 2 is 1.88 bits per heavy atom. The average molecular weight is 416 g/mol. The molecule has 0 radical (unpaired) electrons. The molecule has 1 N–H and O–H groups in total. The van der Waals surface area contributed by atoms with Crippen LogP contribution in [0.25, 0.3) is 0 Å². The maximum absolute atomic E-state index is 13.2. The summed E-state index contributed by atoms with van der Waals surface area (Å²) in [6.45, 7) is 0.610. The van der Waals surface area contributed by atoms with Gasteiger partial charge in [-0.1, -0.05) is 23.2 Å². The highest BCUT2D eigenvalue weighted by molar-refractivity contribution is 7.89. The van der Waals surface area contributed by atoms with E-state index in [0.717, 1.165) is 0 Å². The first-order chi connectivity index (χ1) is 12.4. The molecule has 1 aromatic carbocycles.